The summed E-state index contributed by atoms with van der Waals surface area (Å²) in [5.74, 6) is 1.07. The molecule has 0 aliphatic rings. The largest absolute Gasteiger partial charge is 0.492 e. The van der Waals surface area contributed by atoms with E-state index in [2.05, 4.69) is 19.9 Å². The molecule has 0 saturated carbocycles. The van der Waals surface area contributed by atoms with Gasteiger partial charge in [0.05, 0.1) is 19.4 Å². The van der Waals surface area contributed by atoms with Crippen LogP contribution in [0.5, 0.6) is 11.8 Å². The van der Waals surface area contributed by atoms with Crippen molar-refractivity contribution in [3.63, 3.8) is 0 Å². The van der Waals surface area contributed by atoms with Crippen LogP contribution in [0, 0.1) is 0 Å². The minimum absolute atomic E-state index is 0.0818. The minimum atomic E-state index is 0.0818. The van der Waals surface area contributed by atoms with Crippen molar-refractivity contribution in [3.8, 4) is 23.1 Å². The third kappa shape index (κ3) is 3.77. The summed E-state index contributed by atoms with van der Waals surface area (Å²) in [4.78, 5) is 16.3. The number of hydrogen-bond acceptors (Lipinski definition) is 6. The lowest BCUT2D eigenvalue weighted by atomic mass is 10.2. The molecule has 2 heterocycles. The Morgan fingerprint density at radius 2 is 1.95 bits per heavy atom. The van der Waals surface area contributed by atoms with E-state index in [1.165, 1.54) is 0 Å². The fraction of sp³-hybridized carbons (Fsp3) is 0.385. The van der Waals surface area contributed by atoms with Crippen molar-refractivity contribution in [1.29, 1.82) is 0 Å². The summed E-state index contributed by atoms with van der Waals surface area (Å²) in [6, 6.07) is 2.01. The zero-order chi connectivity index (χ0) is 14.4. The lowest BCUT2D eigenvalue weighted by Crippen LogP contribution is -2.02. The monoisotopic (exact) mass is 294 g/mol. The van der Waals surface area contributed by atoms with Crippen molar-refractivity contribution in [2.24, 2.45) is 0 Å². The molecule has 0 aliphatic carbocycles. The van der Waals surface area contributed by atoms with Gasteiger partial charge in [-0.1, -0.05) is 6.92 Å². The van der Waals surface area contributed by atoms with Crippen molar-refractivity contribution in [2.45, 2.75) is 20.3 Å². The molecule has 0 atom stereocenters. The summed E-state index contributed by atoms with van der Waals surface area (Å²) in [5, 5.41) is 0.0818. The van der Waals surface area contributed by atoms with E-state index in [1.54, 1.807) is 12.4 Å². The van der Waals surface area contributed by atoms with Crippen LogP contribution in [0.3, 0.4) is 0 Å². The van der Waals surface area contributed by atoms with E-state index in [4.69, 9.17) is 21.1 Å². The number of hydrogen-bond donors (Lipinski definition) is 0. The molecule has 0 radical (unpaired) electrons. The van der Waals surface area contributed by atoms with Crippen LogP contribution >= 0.6 is 11.6 Å². The quantitative estimate of drug-likeness (QED) is 0.816. The third-order valence-corrected chi connectivity index (χ3v) is 2.47. The summed E-state index contributed by atoms with van der Waals surface area (Å²) in [6.07, 6.45) is 4.21. The Bertz CT molecular complexity index is 580. The first kappa shape index (κ1) is 14.5. The van der Waals surface area contributed by atoms with Gasteiger partial charge in [0.25, 0.3) is 0 Å². The third-order valence-electron chi connectivity index (χ3n) is 2.31. The van der Waals surface area contributed by atoms with Crippen molar-refractivity contribution in [3.05, 3.63) is 23.7 Å². The molecule has 20 heavy (non-hydrogen) atoms. The average molecular weight is 295 g/mol. The summed E-state index contributed by atoms with van der Waals surface area (Å²) < 4.78 is 10.8. The van der Waals surface area contributed by atoms with Crippen LogP contribution in [0.25, 0.3) is 11.4 Å². The molecule has 0 amide bonds. The minimum Gasteiger partial charge on any atom is -0.492 e. The van der Waals surface area contributed by atoms with E-state index in [0.29, 0.717) is 30.4 Å². The van der Waals surface area contributed by atoms with Gasteiger partial charge in [-0.3, -0.25) is 4.98 Å². The highest BCUT2D eigenvalue weighted by Crippen LogP contribution is 2.22. The van der Waals surface area contributed by atoms with Crippen LogP contribution in [-0.2, 0) is 0 Å². The Labute approximate surface area is 122 Å². The fourth-order valence-electron chi connectivity index (χ4n) is 1.49. The number of ether oxygens (including phenoxy) is 2. The van der Waals surface area contributed by atoms with Gasteiger partial charge >= 0.3 is 6.01 Å². The van der Waals surface area contributed by atoms with E-state index in [-0.39, 0.29) is 11.3 Å². The summed E-state index contributed by atoms with van der Waals surface area (Å²) in [6.45, 7) is 4.97. The average Bonchev–Trinajstić information content (AvgIpc) is 2.45. The van der Waals surface area contributed by atoms with Crippen molar-refractivity contribution in [1.82, 2.24) is 19.9 Å². The standard InChI is InChI=1S/C13H15ClN4O2/c1-3-5-20-10-6-9(7-15-8-10)11-16-12(14)18-13(17-11)19-4-2/h6-8H,3-5H2,1-2H3. The zero-order valence-electron chi connectivity index (χ0n) is 11.3. The molecule has 2 aromatic heterocycles. The molecule has 0 saturated heterocycles. The molecule has 2 aromatic rings. The zero-order valence-corrected chi connectivity index (χ0v) is 12.1. The molecule has 0 fully saturated rings. The second kappa shape index (κ2) is 7.00. The molecular formula is C13H15ClN4O2. The maximum Gasteiger partial charge on any atom is 0.321 e. The van der Waals surface area contributed by atoms with Crippen LogP contribution in [-0.4, -0.2) is 33.1 Å². The van der Waals surface area contributed by atoms with Gasteiger partial charge in [-0.15, -0.1) is 0 Å². The number of rotatable bonds is 6. The van der Waals surface area contributed by atoms with Gasteiger partial charge in [-0.25, -0.2) is 0 Å². The van der Waals surface area contributed by atoms with Crippen LogP contribution in [0.15, 0.2) is 18.5 Å². The first-order chi connectivity index (χ1) is 9.72. The van der Waals surface area contributed by atoms with Crippen molar-refractivity contribution >= 4 is 11.6 Å². The molecule has 7 heteroatoms. The first-order valence-electron chi connectivity index (χ1n) is 6.35. The molecule has 0 N–H and O–H groups in total. The van der Waals surface area contributed by atoms with Gasteiger partial charge in [0.15, 0.2) is 5.82 Å². The number of halogens is 1. The first-order valence-corrected chi connectivity index (χ1v) is 6.73. The maximum atomic E-state index is 5.87. The van der Waals surface area contributed by atoms with Crippen molar-refractivity contribution < 1.29 is 9.47 Å². The normalized spacial score (nSPS) is 10.3. The molecule has 0 aliphatic heterocycles. The Hall–Kier alpha value is -1.95. The van der Waals surface area contributed by atoms with Gasteiger partial charge in [0.2, 0.25) is 5.28 Å². The van der Waals surface area contributed by atoms with Gasteiger partial charge in [-0.2, -0.15) is 15.0 Å². The maximum absolute atomic E-state index is 5.87. The smallest absolute Gasteiger partial charge is 0.321 e. The molecular weight excluding hydrogens is 280 g/mol. The molecule has 0 spiro atoms. The summed E-state index contributed by atoms with van der Waals surface area (Å²) in [5.41, 5.74) is 0.698. The van der Waals surface area contributed by atoms with Gasteiger partial charge in [-0.05, 0) is 31.0 Å². The Morgan fingerprint density at radius 3 is 2.70 bits per heavy atom. The summed E-state index contributed by atoms with van der Waals surface area (Å²) in [7, 11) is 0. The summed E-state index contributed by atoms with van der Waals surface area (Å²) >= 11 is 5.87. The lowest BCUT2D eigenvalue weighted by Gasteiger charge is -2.07. The highest BCUT2D eigenvalue weighted by Gasteiger charge is 2.09. The van der Waals surface area contributed by atoms with E-state index in [9.17, 15) is 0 Å². The van der Waals surface area contributed by atoms with E-state index in [1.807, 2.05) is 19.9 Å². The molecule has 6 nitrogen and oxygen atoms in total. The Morgan fingerprint density at radius 1 is 1.10 bits per heavy atom. The molecule has 0 bridgehead atoms. The highest BCUT2D eigenvalue weighted by atomic mass is 35.5. The van der Waals surface area contributed by atoms with E-state index in [0.717, 1.165) is 6.42 Å². The predicted octanol–water partition coefficient (Wildman–Crippen LogP) is 2.77. The van der Waals surface area contributed by atoms with Crippen LogP contribution in [0.1, 0.15) is 20.3 Å². The Kier molecular flexibility index (Phi) is 5.06. The highest BCUT2D eigenvalue weighted by molar-refractivity contribution is 6.28. The Balaban J connectivity index is 2.30. The number of nitrogens with zero attached hydrogens (tertiary/aromatic N) is 4. The van der Waals surface area contributed by atoms with Crippen LogP contribution < -0.4 is 9.47 Å². The molecule has 2 rings (SSSR count). The van der Waals surface area contributed by atoms with Crippen LogP contribution in [0.4, 0.5) is 0 Å². The van der Waals surface area contributed by atoms with Gasteiger partial charge < -0.3 is 9.47 Å². The number of aromatic nitrogens is 4. The van der Waals surface area contributed by atoms with Gasteiger partial charge in [0.1, 0.15) is 5.75 Å². The second-order valence-electron chi connectivity index (χ2n) is 3.90. The SMILES string of the molecule is CCCOc1cncc(-c2nc(Cl)nc(OCC)n2)c1. The topological polar surface area (TPSA) is 70.0 Å². The fourth-order valence-corrected chi connectivity index (χ4v) is 1.65. The number of pyridine rings is 1. The molecule has 0 aromatic carbocycles. The molecule has 106 valence electrons. The van der Waals surface area contributed by atoms with Crippen molar-refractivity contribution in [2.75, 3.05) is 13.2 Å². The van der Waals surface area contributed by atoms with Gasteiger partial charge in [0, 0.05) is 11.8 Å². The molecule has 0 unspecified atom stereocenters. The van der Waals surface area contributed by atoms with E-state index >= 15 is 0 Å². The lowest BCUT2D eigenvalue weighted by molar-refractivity contribution is 0.311. The second-order valence-corrected chi connectivity index (χ2v) is 4.24. The van der Waals surface area contributed by atoms with Crippen LogP contribution in [0.2, 0.25) is 5.28 Å². The van der Waals surface area contributed by atoms with E-state index < -0.39 is 0 Å². The predicted molar refractivity (Wildman–Crippen MR) is 75.0 cm³/mol.